The van der Waals surface area contributed by atoms with Gasteiger partial charge in [-0.3, -0.25) is 0 Å². The molecule has 82 valence electrons. The zero-order chi connectivity index (χ0) is 10.7. The SMILES string of the molecule is CNc1ccc(N(C)CC2CCC2)cc1. The number of nitrogens with zero attached hydrogens (tertiary/aromatic N) is 1. The third kappa shape index (κ3) is 2.44. The second-order valence-electron chi connectivity index (χ2n) is 4.47. The van der Waals surface area contributed by atoms with Crippen LogP contribution in [0.25, 0.3) is 0 Å². The predicted octanol–water partition coefficient (Wildman–Crippen LogP) is 2.96. The van der Waals surface area contributed by atoms with Crippen molar-refractivity contribution in [1.29, 1.82) is 0 Å². The molecule has 0 atom stereocenters. The van der Waals surface area contributed by atoms with Crippen LogP contribution in [0.15, 0.2) is 24.3 Å². The Balaban J connectivity index is 1.94. The molecule has 1 N–H and O–H groups in total. The fraction of sp³-hybridized carbons (Fsp3) is 0.538. The van der Waals surface area contributed by atoms with Crippen molar-refractivity contribution in [2.24, 2.45) is 5.92 Å². The maximum Gasteiger partial charge on any atom is 0.0365 e. The van der Waals surface area contributed by atoms with Gasteiger partial charge in [-0.05, 0) is 43.0 Å². The van der Waals surface area contributed by atoms with Crippen LogP contribution in [0.2, 0.25) is 0 Å². The summed E-state index contributed by atoms with van der Waals surface area (Å²) in [6, 6.07) is 8.63. The Morgan fingerprint density at radius 1 is 1.27 bits per heavy atom. The molecule has 15 heavy (non-hydrogen) atoms. The van der Waals surface area contributed by atoms with Gasteiger partial charge in [0.2, 0.25) is 0 Å². The highest BCUT2D eigenvalue weighted by atomic mass is 15.1. The van der Waals surface area contributed by atoms with Gasteiger partial charge >= 0.3 is 0 Å². The molecule has 1 aromatic rings. The molecule has 0 spiro atoms. The minimum absolute atomic E-state index is 0.930. The normalized spacial score (nSPS) is 15.9. The summed E-state index contributed by atoms with van der Waals surface area (Å²) in [5.41, 5.74) is 2.50. The van der Waals surface area contributed by atoms with E-state index in [1.54, 1.807) is 0 Å². The Morgan fingerprint density at radius 2 is 1.93 bits per heavy atom. The zero-order valence-corrected chi connectivity index (χ0v) is 9.66. The van der Waals surface area contributed by atoms with Crippen molar-refractivity contribution in [3.63, 3.8) is 0 Å². The number of rotatable bonds is 4. The molecule has 0 aromatic heterocycles. The largest absolute Gasteiger partial charge is 0.388 e. The summed E-state index contributed by atoms with van der Waals surface area (Å²) in [6.45, 7) is 1.21. The standard InChI is InChI=1S/C13H20N2/c1-14-12-6-8-13(9-7-12)15(2)10-11-4-3-5-11/h6-9,11,14H,3-5,10H2,1-2H3. The molecule has 1 fully saturated rings. The highest BCUT2D eigenvalue weighted by Gasteiger charge is 2.18. The summed E-state index contributed by atoms with van der Waals surface area (Å²) < 4.78 is 0. The third-order valence-corrected chi connectivity index (χ3v) is 3.35. The van der Waals surface area contributed by atoms with Crippen molar-refractivity contribution >= 4 is 11.4 Å². The van der Waals surface area contributed by atoms with Crippen LogP contribution in [0.4, 0.5) is 11.4 Å². The molecule has 0 bridgehead atoms. The van der Waals surface area contributed by atoms with Crippen molar-refractivity contribution in [2.45, 2.75) is 19.3 Å². The Morgan fingerprint density at radius 3 is 2.40 bits per heavy atom. The van der Waals surface area contributed by atoms with E-state index in [0.29, 0.717) is 0 Å². The van der Waals surface area contributed by atoms with E-state index in [1.165, 1.54) is 37.2 Å². The molecule has 1 aliphatic carbocycles. The molecule has 0 amide bonds. The topological polar surface area (TPSA) is 15.3 Å². The number of nitrogens with one attached hydrogen (secondary N) is 1. The lowest BCUT2D eigenvalue weighted by Crippen LogP contribution is -2.29. The van der Waals surface area contributed by atoms with Crippen molar-refractivity contribution in [1.82, 2.24) is 0 Å². The molecule has 2 heteroatoms. The van der Waals surface area contributed by atoms with Crippen LogP contribution in [-0.2, 0) is 0 Å². The fourth-order valence-corrected chi connectivity index (χ4v) is 2.05. The highest BCUT2D eigenvalue weighted by Crippen LogP contribution is 2.28. The smallest absolute Gasteiger partial charge is 0.0365 e. The lowest BCUT2D eigenvalue weighted by atomic mass is 9.85. The first-order valence-corrected chi connectivity index (χ1v) is 5.78. The highest BCUT2D eigenvalue weighted by molar-refractivity contribution is 5.54. The van der Waals surface area contributed by atoms with Gasteiger partial charge in [-0.1, -0.05) is 6.42 Å². The molecular weight excluding hydrogens is 184 g/mol. The van der Waals surface area contributed by atoms with Gasteiger partial charge in [-0.15, -0.1) is 0 Å². The van der Waals surface area contributed by atoms with E-state index < -0.39 is 0 Å². The van der Waals surface area contributed by atoms with Crippen LogP contribution in [0.3, 0.4) is 0 Å². The average Bonchev–Trinajstić information content (AvgIpc) is 2.23. The quantitative estimate of drug-likeness (QED) is 0.811. The summed E-state index contributed by atoms with van der Waals surface area (Å²) in [7, 11) is 4.14. The van der Waals surface area contributed by atoms with Crippen LogP contribution in [0.5, 0.6) is 0 Å². The molecule has 0 heterocycles. The molecule has 0 radical (unpaired) electrons. The third-order valence-electron chi connectivity index (χ3n) is 3.35. The lowest BCUT2D eigenvalue weighted by Gasteiger charge is -2.31. The summed E-state index contributed by atoms with van der Waals surface area (Å²) in [6.07, 6.45) is 4.26. The summed E-state index contributed by atoms with van der Waals surface area (Å²) in [5, 5.41) is 3.14. The van der Waals surface area contributed by atoms with Crippen LogP contribution in [0.1, 0.15) is 19.3 Å². The maximum absolute atomic E-state index is 3.14. The molecule has 2 rings (SSSR count). The Hall–Kier alpha value is -1.18. The average molecular weight is 204 g/mol. The summed E-state index contributed by atoms with van der Waals surface area (Å²) in [4.78, 5) is 2.36. The molecule has 0 aliphatic heterocycles. The number of anilines is 2. The van der Waals surface area contributed by atoms with E-state index in [0.717, 1.165) is 5.92 Å². The van der Waals surface area contributed by atoms with Crippen molar-refractivity contribution in [2.75, 3.05) is 30.9 Å². The molecule has 1 aliphatic rings. The van der Waals surface area contributed by atoms with E-state index in [4.69, 9.17) is 0 Å². The van der Waals surface area contributed by atoms with Gasteiger partial charge in [0.1, 0.15) is 0 Å². The van der Waals surface area contributed by atoms with Gasteiger partial charge in [0, 0.05) is 32.0 Å². The van der Waals surface area contributed by atoms with Crippen molar-refractivity contribution < 1.29 is 0 Å². The molecule has 0 unspecified atom stereocenters. The Labute approximate surface area is 92.3 Å². The first kappa shape index (κ1) is 10.3. The second kappa shape index (κ2) is 4.56. The Bertz CT molecular complexity index is 301. The summed E-state index contributed by atoms with van der Waals surface area (Å²) in [5.74, 6) is 0.930. The first-order chi connectivity index (χ1) is 7.29. The van der Waals surface area contributed by atoms with Crippen LogP contribution in [-0.4, -0.2) is 20.6 Å². The van der Waals surface area contributed by atoms with E-state index in [2.05, 4.69) is 41.5 Å². The number of benzene rings is 1. The minimum Gasteiger partial charge on any atom is -0.388 e. The Kier molecular flexibility index (Phi) is 3.14. The summed E-state index contributed by atoms with van der Waals surface area (Å²) >= 11 is 0. The number of hydrogen-bond acceptors (Lipinski definition) is 2. The number of hydrogen-bond donors (Lipinski definition) is 1. The van der Waals surface area contributed by atoms with Gasteiger partial charge < -0.3 is 10.2 Å². The molecule has 1 saturated carbocycles. The molecule has 1 aromatic carbocycles. The molecule has 0 saturated heterocycles. The fourth-order valence-electron chi connectivity index (χ4n) is 2.05. The maximum atomic E-state index is 3.14. The minimum atomic E-state index is 0.930. The van der Waals surface area contributed by atoms with Gasteiger partial charge in [0.15, 0.2) is 0 Å². The van der Waals surface area contributed by atoms with Crippen molar-refractivity contribution in [3.8, 4) is 0 Å². The van der Waals surface area contributed by atoms with Gasteiger partial charge in [-0.25, -0.2) is 0 Å². The van der Waals surface area contributed by atoms with Crippen molar-refractivity contribution in [3.05, 3.63) is 24.3 Å². The van der Waals surface area contributed by atoms with E-state index in [-0.39, 0.29) is 0 Å². The van der Waals surface area contributed by atoms with Gasteiger partial charge in [0.25, 0.3) is 0 Å². The van der Waals surface area contributed by atoms with E-state index in [1.807, 2.05) is 7.05 Å². The van der Waals surface area contributed by atoms with Gasteiger partial charge in [-0.2, -0.15) is 0 Å². The van der Waals surface area contributed by atoms with Gasteiger partial charge in [0.05, 0.1) is 0 Å². The zero-order valence-electron chi connectivity index (χ0n) is 9.66. The van der Waals surface area contributed by atoms with E-state index in [9.17, 15) is 0 Å². The van der Waals surface area contributed by atoms with Crippen LogP contribution in [0, 0.1) is 5.92 Å². The van der Waals surface area contributed by atoms with Crippen LogP contribution < -0.4 is 10.2 Å². The lowest BCUT2D eigenvalue weighted by molar-refractivity contribution is 0.321. The monoisotopic (exact) mass is 204 g/mol. The first-order valence-electron chi connectivity index (χ1n) is 5.78. The predicted molar refractivity (Wildman–Crippen MR) is 66.6 cm³/mol. The molecular formula is C13H20N2. The van der Waals surface area contributed by atoms with E-state index >= 15 is 0 Å². The second-order valence-corrected chi connectivity index (χ2v) is 4.47. The molecule has 2 nitrogen and oxygen atoms in total. The van der Waals surface area contributed by atoms with Crippen LogP contribution >= 0.6 is 0 Å².